The molecule has 1 unspecified atom stereocenters. The number of hydrogen-bond acceptors (Lipinski definition) is 5. The molecule has 3 N–H and O–H groups in total. The van der Waals surface area contributed by atoms with E-state index in [1.807, 2.05) is 29.8 Å². The van der Waals surface area contributed by atoms with Crippen molar-refractivity contribution in [3.63, 3.8) is 0 Å². The van der Waals surface area contributed by atoms with Crippen molar-refractivity contribution < 1.29 is 4.74 Å². The van der Waals surface area contributed by atoms with Crippen LogP contribution in [0.5, 0.6) is 5.75 Å². The van der Waals surface area contributed by atoms with Gasteiger partial charge in [0.1, 0.15) is 10.8 Å². The van der Waals surface area contributed by atoms with Crippen LogP contribution in [0.25, 0.3) is 0 Å². The van der Waals surface area contributed by atoms with Crippen LogP contribution in [0.1, 0.15) is 23.5 Å². The van der Waals surface area contributed by atoms with Crippen LogP contribution >= 0.6 is 11.3 Å². The van der Waals surface area contributed by atoms with Gasteiger partial charge in [-0.3, -0.25) is 0 Å². The monoisotopic (exact) mass is 263 g/mol. The molecule has 1 aromatic heterocycles. The van der Waals surface area contributed by atoms with E-state index in [0.717, 1.165) is 22.9 Å². The minimum absolute atomic E-state index is 0.229. The minimum atomic E-state index is 0.229. The second-order valence-electron chi connectivity index (χ2n) is 4.04. The van der Waals surface area contributed by atoms with Gasteiger partial charge in [-0.2, -0.15) is 0 Å². The molecule has 1 aromatic carbocycles. The highest BCUT2D eigenvalue weighted by molar-refractivity contribution is 7.09. The number of nitrogens with zero attached hydrogens (tertiary/aromatic N) is 1. The predicted molar refractivity (Wildman–Crippen MR) is 74.8 cm³/mol. The quantitative estimate of drug-likeness (QED) is 0.814. The molecule has 0 amide bonds. The largest absolute Gasteiger partial charge is 0.496 e. The molecule has 0 aliphatic rings. The molecule has 1 heterocycles. The third kappa shape index (κ3) is 3.00. The number of rotatable bonds is 5. The summed E-state index contributed by atoms with van der Waals surface area (Å²) in [7, 11) is 1.66. The van der Waals surface area contributed by atoms with Crippen molar-refractivity contribution in [1.29, 1.82) is 0 Å². The lowest BCUT2D eigenvalue weighted by molar-refractivity contribution is 0.406. The fraction of sp³-hybridized carbons (Fsp3) is 0.308. The second-order valence-corrected chi connectivity index (χ2v) is 4.97. The van der Waals surface area contributed by atoms with Crippen LogP contribution < -0.4 is 15.8 Å². The standard InChI is InChI=1S/C13H17N3OS/c1-9(13-15-5-6-18-13)16-8-10-3-4-11(14)7-12(10)17-2/h3-7,9,16H,8,14H2,1-2H3. The number of methoxy groups -OCH3 is 1. The zero-order valence-corrected chi connectivity index (χ0v) is 11.3. The zero-order chi connectivity index (χ0) is 13.0. The zero-order valence-electron chi connectivity index (χ0n) is 10.5. The van der Waals surface area contributed by atoms with E-state index in [1.54, 1.807) is 18.4 Å². The molecule has 5 heteroatoms. The van der Waals surface area contributed by atoms with Crippen LogP contribution in [-0.4, -0.2) is 12.1 Å². The predicted octanol–water partition coefficient (Wildman–Crippen LogP) is 2.58. The van der Waals surface area contributed by atoms with Gasteiger partial charge in [-0.25, -0.2) is 4.98 Å². The van der Waals surface area contributed by atoms with Gasteiger partial charge in [-0.15, -0.1) is 11.3 Å². The third-order valence-electron chi connectivity index (χ3n) is 2.73. The lowest BCUT2D eigenvalue weighted by Crippen LogP contribution is -2.18. The highest BCUT2D eigenvalue weighted by Crippen LogP contribution is 2.22. The maximum atomic E-state index is 5.73. The molecule has 0 fully saturated rings. The van der Waals surface area contributed by atoms with E-state index in [4.69, 9.17) is 10.5 Å². The van der Waals surface area contributed by atoms with Gasteiger partial charge in [-0.1, -0.05) is 6.07 Å². The summed E-state index contributed by atoms with van der Waals surface area (Å²) in [6, 6.07) is 5.93. The lowest BCUT2D eigenvalue weighted by atomic mass is 10.1. The van der Waals surface area contributed by atoms with Crippen LogP contribution in [0.2, 0.25) is 0 Å². The summed E-state index contributed by atoms with van der Waals surface area (Å²) in [5.74, 6) is 0.814. The molecule has 1 atom stereocenters. The summed E-state index contributed by atoms with van der Waals surface area (Å²) < 4.78 is 5.32. The van der Waals surface area contributed by atoms with Crippen LogP contribution in [0.4, 0.5) is 5.69 Å². The summed E-state index contributed by atoms with van der Waals surface area (Å²) in [6.07, 6.45) is 1.82. The molecule has 0 radical (unpaired) electrons. The first-order valence-corrected chi connectivity index (χ1v) is 6.64. The first kappa shape index (κ1) is 12.9. The highest BCUT2D eigenvalue weighted by atomic mass is 32.1. The Labute approximate surface area is 111 Å². The molecule has 2 rings (SSSR count). The smallest absolute Gasteiger partial charge is 0.125 e. The van der Waals surface area contributed by atoms with E-state index in [2.05, 4.69) is 17.2 Å². The number of nitrogens with one attached hydrogen (secondary N) is 1. The number of anilines is 1. The van der Waals surface area contributed by atoms with Gasteiger partial charge in [0.25, 0.3) is 0 Å². The Morgan fingerprint density at radius 1 is 1.50 bits per heavy atom. The van der Waals surface area contributed by atoms with Crippen LogP contribution in [-0.2, 0) is 6.54 Å². The van der Waals surface area contributed by atoms with E-state index in [0.29, 0.717) is 5.69 Å². The van der Waals surface area contributed by atoms with E-state index >= 15 is 0 Å². The van der Waals surface area contributed by atoms with Gasteiger partial charge in [0.05, 0.1) is 13.2 Å². The number of aromatic nitrogens is 1. The summed E-state index contributed by atoms with van der Waals surface area (Å²) >= 11 is 1.65. The lowest BCUT2D eigenvalue weighted by Gasteiger charge is -2.14. The summed E-state index contributed by atoms with van der Waals surface area (Å²) in [5, 5.41) is 6.49. The van der Waals surface area contributed by atoms with E-state index < -0.39 is 0 Å². The van der Waals surface area contributed by atoms with Gasteiger partial charge in [0.15, 0.2) is 0 Å². The molecule has 0 aliphatic carbocycles. The summed E-state index contributed by atoms with van der Waals surface area (Å²) in [6.45, 7) is 2.83. The molecule has 2 aromatic rings. The molecule has 18 heavy (non-hydrogen) atoms. The van der Waals surface area contributed by atoms with Crippen molar-refractivity contribution in [1.82, 2.24) is 10.3 Å². The van der Waals surface area contributed by atoms with E-state index in [9.17, 15) is 0 Å². The summed E-state index contributed by atoms with van der Waals surface area (Å²) in [4.78, 5) is 4.29. The van der Waals surface area contributed by atoms with Crippen molar-refractivity contribution in [2.45, 2.75) is 19.5 Å². The Morgan fingerprint density at radius 2 is 2.33 bits per heavy atom. The van der Waals surface area contributed by atoms with Crippen molar-refractivity contribution in [3.8, 4) is 5.75 Å². The van der Waals surface area contributed by atoms with Gasteiger partial charge in [0, 0.05) is 35.4 Å². The molecular weight excluding hydrogens is 246 g/mol. The van der Waals surface area contributed by atoms with E-state index in [-0.39, 0.29) is 6.04 Å². The maximum Gasteiger partial charge on any atom is 0.125 e. The molecule has 0 saturated heterocycles. The highest BCUT2D eigenvalue weighted by Gasteiger charge is 2.09. The van der Waals surface area contributed by atoms with Crippen LogP contribution in [0.15, 0.2) is 29.8 Å². The average molecular weight is 263 g/mol. The first-order chi connectivity index (χ1) is 8.70. The molecule has 0 bridgehead atoms. The topological polar surface area (TPSA) is 60.2 Å². The SMILES string of the molecule is COc1cc(N)ccc1CNC(C)c1nccs1. The Bertz CT molecular complexity index is 499. The first-order valence-electron chi connectivity index (χ1n) is 5.76. The molecule has 0 spiro atoms. The Kier molecular flexibility index (Phi) is 4.17. The number of hydrogen-bond donors (Lipinski definition) is 2. The summed E-state index contributed by atoms with van der Waals surface area (Å²) in [5.41, 5.74) is 7.53. The Balaban J connectivity index is 2.02. The molecule has 4 nitrogen and oxygen atoms in total. The Morgan fingerprint density at radius 3 is 3.00 bits per heavy atom. The number of thiazole rings is 1. The number of nitrogen functional groups attached to an aromatic ring is 1. The average Bonchev–Trinajstić information content (AvgIpc) is 2.90. The number of nitrogens with two attached hydrogens (primary N) is 1. The van der Waals surface area contributed by atoms with Crippen LogP contribution in [0, 0.1) is 0 Å². The van der Waals surface area contributed by atoms with Gasteiger partial charge in [0.2, 0.25) is 0 Å². The fourth-order valence-electron chi connectivity index (χ4n) is 1.71. The second kappa shape index (κ2) is 5.84. The van der Waals surface area contributed by atoms with Crippen molar-refractivity contribution in [2.75, 3.05) is 12.8 Å². The molecular formula is C13H17N3OS. The van der Waals surface area contributed by atoms with Crippen LogP contribution in [0.3, 0.4) is 0 Å². The number of benzene rings is 1. The fourth-order valence-corrected chi connectivity index (χ4v) is 2.38. The maximum absolute atomic E-state index is 5.73. The molecule has 0 aliphatic heterocycles. The third-order valence-corrected chi connectivity index (χ3v) is 3.69. The number of ether oxygens (including phenoxy) is 1. The van der Waals surface area contributed by atoms with E-state index in [1.165, 1.54) is 0 Å². The molecule has 96 valence electrons. The normalized spacial score (nSPS) is 12.3. The van der Waals surface area contributed by atoms with Gasteiger partial charge in [-0.05, 0) is 13.0 Å². The minimum Gasteiger partial charge on any atom is -0.496 e. The van der Waals surface area contributed by atoms with Crippen molar-refractivity contribution in [3.05, 3.63) is 40.3 Å². The van der Waals surface area contributed by atoms with Gasteiger partial charge >= 0.3 is 0 Å². The van der Waals surface area contributed by atoms with Gasteiger partial charge < -0.3 is 15.8 Å². The molecule has 0 saturated carbocycles. The Hall–Kier alpha value is -1.59. The van der Waals surface area contributed by atoms with Crippen molar-refractivity contribution >= 4 is 17.0 Å². The van der Waals surface area contributed by atoms with Crippen molar-refractivity contribution in [2.24, 2.45) is 0 Å².